The van der Waals surface area contributed by atoms with Gasteiger partial charge in [-0.3, -0.25) is 0 Å². The van der Waals surface area contributed by atoms with Crippen LogP contribution in [0.15, 0.2) is 48.5 Å². The molecule has 1 N–H and O–H groups in total. The van der Waals surface area contributed by atoms with Crippen LogP contribution in [0.4, 0.5) is 11.4 Å². The maximum atomic E-state index is 3.50. The van der Waals surface area contributed by atoms with Crippen molar-refractivity contribution < 1.29 is 0 Å². The fourth-order valence-corrected chi connectivity index (χ4v) is 3.21. The van der Waals surface area contributed by atoms with E-state index in [1.54, 1.807) is 0 Å². The molecule has 2 aromatic rings. The lowest BCUT2D eigenvalue weighted by atomic mass is 9.97. The first-order valence-electron chi connectivity index (χ1n) is 6.71. The third kappa shape index (κ3) is 1.76. The zero-order chi connectivity index (χ0) is 12.8. The van der Waals surface area contributed by atoms with Crippen molar-refractivity contribution in [2.45, 2.75) is 0 Å². The summed E-state index contributed by atoms with van der Waals surface area (Å²) in [5, 5.41) is 3.50. The van der Waals surface area contributed by atoms with E-state index in [2.05, 4.69) is 65.8 Å². The molecule has 0 unspecified atom stereocenters. The Morgan fingerprint density at radius 3 is 1.75 bits per heavy atom. The molecule has 2 nitrogen and oxygen atoms in total. The summed E-state index contributed by atoms with van der Waals surface area (Å²) in [7, 11) is 2.16. The highest BCUT2D eigenvalue weighted by Crippen LogP contribution is 2.43. The number of hydrogen-bond acceptors (Lipinski definition) is 2. The van der Waals surface area contributed by atoms with Crippen LogP contribution in [0.25, 0.3) is 11.1 Å². The standard InChI is InChI=1S/C17H16N2.ClH/c1-19-16-8-4-2-6-12(16)14-10-18-11-15(14)13-7-3-5-9-17(13)19;/h2-9,18H,10-11H2,1H3;1H. The normalized spacial score (nSPS) is 15.9. The summed E-state index contributed by atoms with van der Waals surface area (Å²) in [6.07, 6.45) is 0. The number of benzene rings is 2. The molecule has 0 saturated heterocycles. The van der Waals surface area contributed by atoms with Gasteiger partial charge in [0.15, 0.2) is 0 Å². The van der Waals surface area contributed by atoms with Gasteiger partial charge in [-0.25, -0.2) is 0 Å². The average Bonchev–Trinajstić information content (AvgIpc) is 2.92. The van der Waals surface area contributed by atoms with Gasteiger partial charge in [0.05, 0.1) is 0 Å². The molecule has 0 spiro atoms. The summed E-state index contributed by atoms with van der Waals surface area (Å²) in [6.45, 7) is 1.93. The van der Waals surface area contributed by atoms with E-state index in [1.807, 2.05) is 0 Å². The van der Waals surface area contributed by atoms with Crippen LogP contribution in [0.5, 0.6) is 0 Å². The van der Waals surface area contributed by atoms with Gasteiger partial charge in [0.25, 0.3) is 0 Å². The van der Waals surface area contributed by atoms with E-state index in [4.69, 9.17) is 0 Å². The lowest BCUT2D eigenvalue weighted by Crippen LogP contribution is -2.15. The van der Waals surface area contributed by atoms with Crippen LogP contribution in [0.2, 0.25) is 0 Å². The first-order valence-corrected chi connectivity index (χ1v) is 6.71. The fourth-order valence-electron chi connectivity index (χ4n) is 3.21. The largest absolute Gasteiger partial charge is 0.344 e. The highest BCUT2D eigenvalue weighted by atomic mass is 35.5. The molecular formula is C17H17ClN2. The molecule has 0 aromatic heterocycles. The highest BCUT2D eigenvalue weighted by Gasteiger charge is 2.26. The number of nitrogens with zero attached hydrogens (tertiary/aromatic N) is 1. The van der Waals surface area contributed by atoms with E-state index in [1.165, 1.54) is 33.6 Å². The molecule has 0 amide bonds. The van der Waals surface area contributed by atoms with Crippen LogP contribution in [-0.2, 0) is 0 Å². The van der Waals surface area contributed by atoms with Crippen LogP contribution >= 0.6 is 12.4 Å². The Balaban J connectivity index is 0.00000121. The molecule has 2 heterocycles. The Morgan fingerprint density at radius 1 is 0.800 bits per heavy atom. The molecule has 20 heavy (non-hydrogen) atoms. The molecule has 0 atom stereocenters. The average molecular weight is 285 g/mol. The van der Waals surface area contributed by atoms with E-state index in [9.17, 15) is 0 Å². The molecule has 3 heteroatoms. The van der Waals surface area contributed by atoms with Crippen molar-refractivity contribution >= 4 is 34.9 Å². The smallest absolute Gasteiger partial charge is 0.0485 e. The number of halogens is 1. The summed E-state index contributed by atoms with van der Waals surface area (Å²) < 4.78 is 0. The summed E-state index contributed by atoms with van der Waals surface area (Å²) in [6, 6.07) is 17.4. The molecule has 0 fully saturated rings. The first kappa shape index (κ1) is 13.2. The number of hydrogen-bond donors (Lipinski definition) is 1. The zero-order valence-corrected chi connectivity index (χ0v) is 12.2. The second-order valence-electron chi connectivity index (χ2n) is 5.15. The third-order valence-electron chi connectivity index (χ3n) is 4.15. The van der Waals surface area contributed by atoms with Crippen molar-refractivity contribution in [3.63, 3.8) is 0 Å². The minimum atomic E-state index is 0. The van der Waals surface area contributed by atoms with Gasteiger partial charge in [-0.1, -0.05) is 36.4 Å². The van der Waals surface area contributed by atoms with Gasteiger partial charge in [-0.2, -0.15) is 0 Å². The van der Waals surface area contributed by atoms with E-state index >= 15 is 0 Å². The van der Waals surface area contributed by atoms with Crippen LogP contribution < -0.4 is 10.2 Å². The molecule has 2 aromatic carbocycles. The molecule has 0 aliphatic carbocycles. The van der Waals surface area contributed by atoms with Gasteiger partial charge in [-0.05, 0) is 23.3 Å². The lowest BCUT2D eigenvalue weighted by molar-refractivity contribution is 0.901. The molecule has 102 valence electrons. The predicted molar refractivity (Wildman–Crippen MR) is 87.9 cm³/mol. The Kier molecular flexibility index (Phi) is 3.28. The monoisotopic (exact) mass is 284 g/mol. The Labute approximate surface area is 125 Å². The number of fused-ring (bicyclic) bond motifs is 4. The van der Waals surface area contributed by atoms with Crippen molar-refractivity contribution in [3.05, 3.63) is 59.7 Å². The number of anilines is 2. The van der Waals surface area contributed by atoms with Gasteiger partial charge < -0.3 is 10.2 Å². The van der Waals surface area contributed by atoms with Crippen LogP contribution in [0, 0.1) is 0 Å². The lowest BCUT2D eigenvalue weighted by Gasteiger charge is -2.23. The van der Waals surface area contributed by atoms with Crippen molar-refractivity contribution in [2.75, 3.05) is 25.0 Å². The minimum Gasteiger partial charge on any atom is -0.344 e. The summed E-state index contributed by atoms with van der Waals surface area (Å²) in [5.74, 6) is 0. The van der Waals surface area contributed by atoms with E-state index in [-0.39, 0.29) is 12.4 Å². The number of para-hydroxylation sites is 2. The Bertz CT molecular complexity index is 633. The second-order valence-corrected chi connectivity index (χ2v) is 5.15. The van der Waals surface area contributed by atoms with Gasteiger partial charge in [0.2, 0.25) is 0 Å². The quantitative estimate of drug-likeness (QED) is 0.793. The first-order chi connectivity index (χ1) is 9.36. The minimum absolute atomic E-state index is 0. The Morgan fingerprint density at radius 2 is 1.25 bits per heavy atom. The van der Waals surface area contributed by atoms with Gasteiger partial charge >= 0.3 is 0 Å². The van der Waals surface area contributed by atoms with E-state index in [0.29, 0.717) is 0 Å². The second kappa shape index (κ2) is 4.97. The SMILES string of the molecule is CN1c2ccccc2C2=C(CNC2)c2ccccc21.Cl. The van der Waals surface area contributed by atoms with Gasteiger partial charge in [0, 0.05) is 42.6 Å². The van der Waals surface area contributed by atoms with Gasteiger partial charge in [-0.15, -0.1) is 12.4 Å². The fraction of sp³-hybridized carbons (Fsp3) is 0.176. The molecule has 4 rings (SSSR count). The summed E-state index contributed by atoms with van der Waals surface area (Å²) in [5.41, 5.74) is 8.22. The van der Waals surface area contributed by atoms with Gasteiger partial charge in [0.1, 0.15) is 0 Å². The molecule has 2 aliphatic rings. The molecule has 2 aliphatic heterocycles. The topological polar surface area (TPSA) is 15.3 Å². The van der Waals surface area contributed by atoms with Crippen molar-refractivity contribution in [3.8, 4) is 0 Å². The maximum Gasteiger partial charge on any atom is 0.0485 e. The van der Waals surface area contributed by atoms with Crippen molar-refractivity contribution in [1.82, 2.24) is 5.32 Å². The van der Waals surface area contributed by atoms with Crippen LogP contribution in [0.3, 0.4) is 0 Å². The molecule has 0 bridgehead atoms. The van der Waals surface area contributed by atoms with Crippen LogP contribution in [0.1, 0.15) is 11.1 Å². The molecule has 0 radical (unpaired) electrons. The summed E-state index contributed by atoms with van der Waals surface area (Å²) in [4.78, 5) is 2.31. The van der Waals surface area contributed by atoms with E-state index < -0.39 is 0 Å². The number of nitrogens with one attached hydrogen (secondary N) is 1. The van der Waals surface area contributed by atoms with Crippen molar-refractivity contribution in [1.29, 1.82) is 0 Å². The molecule has 0 saturated carbocycles. The Hall–Kier alpha value is -1.77. The van der Waals surface area contributed by atoms with E-state index in [0.717, 1.165) is 13.1 Å². The summed E-state index contributed by atoms with van der Waals surface area (Å²) >= 11 is 0. The predicted octanol–water partition coefficient (Wildman–Crippen LogP) is 3.70. The molecular weight excluding hydrogens is 268 g/mol. The maximum absolute atomic E-state index is 3.50. The third-order valence-corrected chi connectivity index (χ3v) is 4.15. The van der Waals surface area contributed by atoms with Crippen LogP contribution in [-0.4, -0.2) is 20.1 Å². The van der Waals surface area contributed by atoms with Crippen molar-refractivity contribution in [2.24, 2.45) is 0 Å². The number of rotatable bonds is 0. The highest BCUT2D eigenvalue weighted by molar-refractivity contribution is 6.03. The zero-order valence-electron chi connectivity index (χ0n) is 11.4.